The molecule has 0 bridgehead atoms. The van der Waals surface area contributed by atoms with Gasteiger partial charge in [0, 0.05) is 34.1 Å². The Morgan fingerprint density at radius 3 is 0.750 bits per heavy atom. The van der Waals surface area contributed by atoms with Gasteiger partial charge in [-0.05, 0) is 11.0 Å². The molecule has 0 aromatic rings. The van der Waals surface area contributed by atoms with Crippen molar-refractivity contribution in [3.05, 3.63) is 0 Å². The van der Waals surface area contributed by atoms with E-state index in [-0.39, 0.29) is 68.2 Å². The molecule has 0 aromatic carbocycles. The first-order chi connectivity index (χ1) is 0. The van der Waals surface area contributed by atoms with Crippen molar-refractivity contribution in [2.45, 2.75) is 0 Å². The molecule has 0 aliphatic heterocycles. The van der Waals surface area contributed by atoms with Crippen molar-refractivity contribution in [1.29, 1.82) is 0 Å². The summed E-state index contributed by atoms with van der Waals surface area (Å²) in [5, 5.41) is 0. The third kappa shape index (κ3) is 8.98. The second kappa shape index (κ2) is 19.9. The molecule has 2 radical (unpaired) electrons. The summed E-state index contributed by atoms with van der Waals surface area (Å²) < 4.78 is 0. The second-order valence-corrected chi connectivity index (χ2v) is 0. The minimum Gasteiger partial charge on any atom is -0.0149 e. The van der Waals surface area contributed by atoms with Gasteiger partial charge in [-0.1, -0.05) is 0 Å². The van der Waals surface area contributed by atoms with Gasteiger partial charge >= 0.3 is 23.1 Å². The van der Waals surface area contributed by atoms with Crippen LogP contribution in [0.25, 0.3) is 0 Å². The van der Waals surface area contributed by atoms with Gasteiger partial charge in [0.2, 0.25) is 0 Å². The first-order valence-electron chi connectivity index (χ1n) is 0. The smallest absolute Gasteiger partial charge is 0.0149 e. The molecule has 4 heteroatoms. The van der Waals surface area contributed by atoms with Crippen LogP contribution in [0.1, 0.15) is 0 Å². The molecule has 0 nitrogen and oxygen atoms in total. The number of rotatable bonds is 0. The summed E-state index contributed by atoms with van der Waals surface area (Å²) in [5.41, 5.74) is 0. The largest absolute Gasteiger partial charge is 0.316 e. The third-order valence-electron chi connectivity index (χ3n) is 0. The molecular weight excluding hydrogens is 179 g/mol. The van der Waals surface area contributed by atoms with E-state index in [9.17, 15) is 0 Å². The van der Waals surface area contributed by atoms with E-state index < -0.39 is 0 Å². The van der Waals surface area contributed by atoms with Crippen LogP contribution in [0.4, 0.5) is 0 Å². The maximum Gasteiger partial charge on any atom is 0.316 e. The van der Waals surface area contributed by atoms with Crippen LogP contribution in [0.2, 0.25) is 0 Å². The van der Waals surface area contributed by atoms with E-state index in [4.69, 9.17) is 0 Å². The Balaban J connectivity index is 0. The first kappa shape index (κ1) is 37.1. The summed E-state index contributed by atoms with van der Waals surface area (Å²) in [6.07, 6.45) is 0. The molecule has 0 aliphatic carbocycles. The molecule has 0 amide bonds. The Morgan fingerprint density at radius 1 is 0.750 bits per heavy atom. The SMILES string of the molecule is [Cu].[Cu].[MgH2].[SiH4]. The van der Waals surface area contributed by atoms with Gasteiger partial charge in [0.15, 0.2) is 0 Å². The summed E-state index contributed by atoms with van der Waals surface area (Å²) in [6.45, 7) is 0. The Morgan fingerprint density at radius 2 is 0.750 bits per heavy atom. The summed E-state index contributed by atoms with van der Waals surface area (Å²) in [4.78, 5) is 0. The third-order valence-corrected chi connectivity index (χ3v) is 0. The average molecular weight is 186 g/mol. The molecule has 0 fully saturated rings. The second-order valence-electron chi connectivity index (χ2n) is 0. The maximum absolute atomic E-state index is 0. The van der Waals surface area contributed by atoms with Crippen LogP contribution < -0.4 is 0 Å². The van der Waals surface area contributed by atoms with Gasteiger partial charge in [0.1, 0.15) is 0 Å². The molecule has 0 atom stereocenters. The van der Waals surface area contributed by atoms with Crippen molar-refractivity contribution >= 4 is 34.0 Å². The van der Waals surface area contributed by atoms with E-state index in [1.165, 1.54) is 0 Å². The summed E-state index contributed by atoms with van der Waals surface area (Å²) in [6, 6.07) is 0. The Bertz CT molecular complexity index is 6.00. The minimum atomic E-state index is 0. The molecule has 0 rings (SSSR count). The van der Waals surface area contributed by atoms with Crippen molar-refractivity contribution < 1.29 is 34.1 Å². The molecule has 0 spiro atoms. The van der Waals surface area contributed by atoms with E-state index in [0.717, 1.165) is 0 Å². The Kier molecular flexibility index (Phi) is 185. The van der Waals surface area contributed by atoms with Crippen LogP contribution in [-0.4, -0.2) is 34.0 Å². The molecule has 0 N–H and O–H groups in total. The van der Waals surface area contributed by atoms with Crippen molar-refractivity contribution in [1.82, 2.24) is 0 Å². The maximum atomic E-state index is 0. The van der Waals surface area contributed by atoms with Crippen molar-refractivity contribution in [2.75, 3.05) is 0 Å². The van der Waals surface area contributed by atoms with Gasteiger partial charge in [0.05, 0.1) is 0 Å². The molecule has 0 saturated heterocycles. The van der Waals surface area contributed by atoms with E-state index >= 15 is 0 Å². The van der Waals surface area contributed by atoms with Gasteiger partial charge in [-0.25, -0.2) is 0 Å². The van der Waals surface area contributed by atoms with Gasteiger partial charge in [-0.2, -0.15) is 0 Å². The van der Waals surface area contributed by atoms with Gasteiger partial charge < -0.3 is 0 Å². The molecule has 0 aliphatic rings. The predicted octanol–water partition coefficient (Wildman–Crippen LogP) is -2.37. The standard InChI is InChI=1S/2Cu.Mg.H4Si.2H/h;;;1H4;;. The fourth-order valence-corrected chi connectivity index (χ4v) is 0. The van der Waals surface area contributed by atoms with E-state index in [2.05, 4.69) is 0 Å². The fourth-order valence-electron chi connectivity index (χ4n) is 0. The zero-order valence-electron chi connectivity index (χ0n) is 0.603. The van der Waals surface area contributed by atoms with Crippen LogP contribution in [0.15, 0.2) is 0 Å². The monoisotopic (exact) mass is 184 g/mol. The number of hydrogen-bond donors (Lipinski definition) is 0. The molecule has 0 aromatic heterocycles. The molecule has 0 heterocycles. The van der Waals surface area contributed by atoms with Crippen LogP contribution in [0, 0.1) is 0 Å². The molecule has 34 valence electrons. The van der Waals surface area contributed by atoms with Gasteiger partial charge in [-0.3, -0.25) is 0 Å². The molecule has 4 heavy (non-hydrogen) atoms. The van der Waals surface area contributed by atoms with Crippen molar-refractivity contribution in [2.24, 2.45) is 0 Å². The number of hydrogen-bond acceptors (Lipinski definition) is 0. The van der Waals surface area contributed by atoms with Gasteiger partial charge in [-0.15, -0.1) is 0 Å². The average Bonchev–Trinajstić information content (AvgIpc) is 0. The predicted molar refractivity (Wildman–Crippen MR) is 19.9 cm³/mol. The fraction of sp³-hybridized carbons (Fsp3) is 0. The van der Waals surface area contributed by atoms with Gasteiger partial charge in [0.25, 0.3) is 0 Å². The zero-order chi connectivity index (χ0) is 0. The Hall–Kier alpha value is 2.02. The zero-order valence-corrected chi connectivity index (χ0v) is 2.49. The first-order valence-corrected chi connectivity index (χ1v) is 0. The van der Waals surface area contributed by atoms with Crippen LogP contribution in [-0.2, 0) is 34.1 Å². The van der Waals surface area contributed by atoms with E-state index in [1.807, 2.05) is 0 Å². The molecular formula is H6Cu2MgSi. The van der Waals surface area contributed by atoms with Crippen LogP contribution >= 0.6 is 0 Å². The van der Waals surface area contributed by atoms with E-state index in [1.54, 1.807) is 0 Å². The van der Waals surface area contributed by atoms with Crippen molar-refractivity contribution in [3.63, 3.8) is 0 Å². The molecule has 0 unspecified atom stereocenters. The summed E-state index contributed by atoms with van der Waals surface area (Å²) in [7, 11) is 0. The topological polar surface area (TPSA) is 0 Å². The summed E-state index contributed by atoms with van der Waals surface area (Å²) in [5.74, 6) is 0. The van der Waals surface area contributed by atoms with Crippen molar-refractivity contribution in [3.8, 4) is 0 Å². The quantitative estimate of drug-likeness (QED) is 0.370. The van der Waals surface area contributed by atoms with Crippen LogP contribution in [0.3, 0.4) is 0 Å². The Labute approximate surface area is 67.6 Å². The van der Waals surface area contributed by atoms with E-state index in [0.29, 0.717) is 0 Å². The van der Waals surface area contributed by atoms with Crippen LogP contribution in [0.5, 0.6) is 0 Å². The normalized spacial score (nSPS) is 0. The minimum absolute atomic E-state index is 0. The molecule has 0 saturated carbocycles. The summed E-state index contributed by atoms with van der Waals surface area (Å²) >= 11 is 0.